The number of nitrogen functional groups attached to an aromatic ring is 1. The fraction of sp³-hybridized carbons (Fsp3) is 0.200. The number of nitrogens with zero attached hydrogens (tertiary/aromatic N) is 1. The molecule has 0 heterocycles. The molecule has 0 amide bonds. The minimum atomic E-state index is 0.196. The molecular weight excluding hydrogens is 324 g/mol. The Kier molecular flexibility index (Phi) is 4.38. The second-order valence-electron chi connectivity index (χ2n) is 4.55. The van der Waals surface area contributed by atoms with E-state index in [-0.39, 0.29) is 6.04 Å². The van der Waals surface area contributed by atoms with Crippen LogP contribution in [0, 0.1) is 0 Å². The Morgan fingerprint density at radius 2 is 1.95 bits per heavy atom. The molecule has 2 N–H and O–H groups in total. The highest BCUT2D eigenvalue weighted by Gasteiger charge is 2.14. The summed E-state index contributed by atoms with van der Waals surface area (Å²) in [4.78, 5) is 2.15. The minimum Gasteiger partial charge on any atom is -0.397 e. The third-order valence-corrected chi connectivity index (χ3v) is 4.01. The Balaban J connectivity index is 2.30. The van der Waals surface area contributed by atoms with Gasteiger partial charge in [-0.25, -0.2) is 0 Å². The van der Waals surface area contributed by atoms with E-state index in [9.17, 15) is 0 Å². The molecule has 1 unspecified atom stereocenters. The molecular formula is C15H16BrClN2. The van der Waals surface area contributed by atoms with Gasteiger partial charge in [-0.05, 0) is 42.8 Å². The van der Waals surface area contributed by atoms with E-state index < -0.39 is 0 Å². The zero-order valence-corrected chi connectivity index (χ0v) is 13.2. The number of hydrogen-bond donors (Lipinski definition) is 1. The highest BCUT2D eigenvalue weighted by molar-refractivity contribution is 9.10. The lowest BCUT2D eigenvalue weighted by Crippen LogP contribution is -2.22. The highest BCUT2D eigenvalue weighted by atomic mass is 79.9. The first-order valence-electron chi connectivity index (χ1n) is 6.02. The quantitative estimate of drug-likeness (QED) is 0.807. The van der Waals surface area contributed by atoms with Crippen LogP contribution in [0.15, 0.2) is 46.9 Å². The summed E-state index contributed by atoms with van der Waals surface area (Å²) in [5, 5.41) is 0.751. The molecule has 0 fully saturated rings. The van der Waals surface area contributed by atoms with Crippen molar-refractivity contribution in [1.29, 1.82) is 0 Å². The number of benzene rings is 2. The van der Waals surface area contributed by atoms with Gasteiger partial charge in [-0.2, -0.15) is 0 Å². The number of hydrogen-bond acceptors (Lipinski definition) is 2. The van der Waals surface area contributed by atoms with Crippen LogP contribution in [0.4, 0.5) is 11.4 Å². The maximum absolute atomic E-state index is 6.07. The molecule has 0 radical (unpaired) electrons. The Morgan fingerprint density at radius 3 is 2.58 bits per heavy atom. The molecule has 0 aliphatic heterocycles. The summed E-state index contributed by atoms with van der Waals surface area (Å²) in [6, 6.07) is 14.0. The Bertz CT molecular complexity index is 586. The summed E-state index contributed by atoms with van der Waals surface area (Å²) in [7, 11) is 2.03. The molecule has 100 valence electrons. The lowest BCUT2D eigenvalue weighted by molar-refractivity contribution is 0.741. The van der Waals surface area contributed by atoms with Crippen LogP contribution in [-0.2, 0) is 0 Å². The first-order chi connectivity index (χ1) is 8.99. The molecule has 2 rings (SSSR count). The number of halogens is 2. The number of nitrogens with two attached hydrogens (primary N) is 1. The van der Waals surface area contributed by atoms with Crippen LogP contribution < -0.4 is 10.6 Å². The van der Waals surface area contributed by atoms with Crippen molar-refractivity contribution >= 4 is 38.9 Å². The van der Waals surface area contributed by atoms with Gasteiger partial charge in [-0.3, -0.25) is 0 Å². The number of anilines is 2. The molecule has 2 aromatic carbocycles. The average molecular weight is 340 g/mol. The summed E-state index contributed by atoms with van der Waals surface area (Å²) >= 11 is 9.46. The Hall–Kier alpha value is -1.19. The Morgan fingerprint density at radius 1 is 1.21 bits per heavy atom. The number of rotatable bonds is 3. The van der Waals surface area contributed by atoms with Gasteiger partial charge in [-0.1, -0.05) is 39.7 Å². The van der Waals surface area contributed by atoms with E-state index in [1.807, 2.05) is 43.4 Å². The molecule has 0 saturated carbocycles. The first kappa shape index (κ1) is 14.2. The van der Waals surface area contributed by atoms with Crippen molar-refractivity contribution in [3.05, 3.63) is 57.5 Å². The SMILES string of the molecule is CC(c1cccc(Cl)c1)N(C)c1ccc(Br)cc1N. The van der Waals surface area contributed by atoms with Gasteiger partial charge in [0, 0.05) is 16.5 Å². The molecule has 0 saturated heterocycles. The largest absolute Gasteiger partial charge is 0.397 e. The van der Waals surface area contributed by atoms with E-state index in [1.54, 1.807) is 0 Å². The lowest BCUT2D eigenvalue weighted by atomic mass is 10.1. The summed E-state index contributed by atoms with van der Waals surface area (Å²) in [5.41, 5.74) is 9.00. The molecule has 2 nitrogen and oxygen atoms in total. The summed E-state index contributed by atoms with van der Waals surface area (Å²) < 4.78 is 0.984. The highest BCUT2D eigenvalue weighted by Crippen LogP contribution is 2.32. The van der Waals surface area contributed by atoms with Crippen molar-refractivity contribution in [2.24, 2.45) is 0 Å². The van der Waals surface area contributed by atoms with Crippen LogP contribution in [0.25, 0.3) is 0 Å². The summed E-state index contributed by atoms with van der Waals surface area (Å²) in [5.74, 6) is 0. The van der Waals surface area contributed by atoms with Crippen molar-refractivity contribution in [1.82, 2.24) is 0 Å². The van der Waals surface area contributed by atoms with Gasteiger partial charge < -0.3 is 10.6 Å². The zero-order valence-electron chi connectivity index (χ0n) is 10.9. The molecule has 4 heteroatoms. The molecule has 2 aromatic rings. The van der Waals surface area contributed by atoms with E-state index in [0.29, 0.717) is 0 Å². The molecule has 0 aliphatic carbocycles. The zero-order chi connectivity index (χ0) is 14.0. The van der Waals surface area contributed by atoms with Crippen LogP contribution >= 0.6 is 27.5 Å². The third-order valence-electron chi connectivity index (χ3n) is 3.28. The maximum atomic E-state index is 6.07. The first-order valence-corrected chi connectivity index (χ1v) is 7.19. The van der Waals surface area contributed by atoms with Gasteiger partial charge >= 0.3 is 0 Å². The van der Waals surface area contributed by atoms with E-state index >= 15 is 0 Å². The summed E-state index contributed by atoms with van der Waals surface area (Å²) in [6.07, 6.45) is 0. The van der Waals surface area contributed by atoms with Crippen molar-refractivity contribution in [3.8, 4) is 0 Å². The van der Waals surface area contributed by atoms with Crippen molar-refractivity contribution in [2.75, 3.05) is 17.7 Å². The van der Waals surface area contributed by atoms with Crippen molar-refractivity contribution in [2.45, 2.75) is 13.0 Å². The third kappa shape index (κ3) is 3.23. The monoisotopic (exact) mass is 338 g/mol. The maximum Gasteiger partial charge on any atom is 0.0603 e. The molecule has 1 atom stereocenters. The fourth-order valence-corrected chi connectivity index (χ4v) is 2.62. The molecule has 0 bridgehead atoms. The van der Waals surface area contributed by atoms with Crippen LogP contribution in [-0.4, -0.2) is 7.05 Å². The van der Waals surface area contributed by atoms with Crippen LogP contribution in [0.2, 0.25) is 5.02 Å². The predicted octanol–water partition coefficient (Wildman–Crippen LogP) is 4.88. The second-order valence-corrected chi connectivity index (χ2v) is 5.90. The smallest absolute Gasteiger partial charge is 0.0603 e. The molecule has 0 aromatic heterocycles. The lowest BCUT2D eigenvalue weighted by Gasteiger charge is -2.28. The van der Waals surface area contributed by atoms with Gasteiger partial charge in [0.2, 0.25) is 0 Å². The second kappa shape index (κ2) is 5.85. The van der Waals surface area contributed by atoms with Crippen LogP contribution in [0.1, 0.15) is 18.5 Å². The normalized spacial score (nSPS) is 12.2. The summed E-state index contributed by atoms with van der Waals surface area (Å²) in [6.45, 7) is 2.13. The topological polar surface area (TPSA) is 29.3 Å². The van der Waals surface area contributed by atoms with E-state index in [1.165, 1.54) is 0 Å². The van der Waals surface area contributed by atoms with Crippen molar-refractivity contribution in [3.63, 3.8) is 0 Å². The Labute approximate surface area is 127 Å². The van der Waals surface area contributed by atoms with E-state index in [4.69, 9.17) is 17.3 Å². The van der Waals surface area contributed by atoms with Gasteiger partial charge in [-0.15, -0.1) is 0 Å². The van der Waals surface area contributed by atoms with Crippen LogP contribution in [0.3, 0.4) is 0 Å². The molecule has 0 aliphatic rings. The van der Waals surface area contributed by atoms with Crippen LogP contribution in [0.5, 0.6) is 0 Å². The van der Waals surface area contributed by atoms with Gasteiger partial charge in [0.15, 0.2) is 0 Å². The van der Waals surface area contributed by atoms with Crippen molar-refractivity contribution < 1.29 is 0 Å². The van der Waals surface area contributed by atoms with Gasteiger partial charge in [0.05, 0.1) is 17.4 Å². The molecule has 19 heavy (non-hydrogen) atoms. The van der Waals surface area contributed by atoms with Gasteiger partial charge in [0.25, 0.3) is 0 Å². The fourth-order valence-electron chi connectivity index (χ4n) is 2.05. The van der Waals surface area contributed by atoms with E-state index in [2.05, 4.69) is 33.8 Å². The standard InChI is InChI=1S/C15H16BrClN2/c1-10(11-4-3-5-13(17)8-11)19(2)15-7-6-12(16)9-14(15)18/h3-10H,18H2,1-2H3. The average Bonchev–Trinajstić information content (AvgIpc) is 2.37. The van der Waals surface area contributed by atoms with Gasteiger partial charge in [0.1, 0.15) is 0 Å². The predicted molar refractivity (Wildman–Crippen MR) is 86.8 cm³/mol. The minimum absolute atomic E-state index is 0.196. The van der Waals surface area contributed by atoms with E-state index in [0.717, 1.165) is 26.4 Å². The molecule has 0 spiro atoms.